The Labute approximate surface area is 109 Å². The maximum Gasteiger partial charge on any atom is 0.0731 e. The smallest absolute Gasteiger partial charge is 0.0731 e. The highest BCUT2D eigenvalue weighted by Gasteiger charge is 2.53. The lowest BCUT2D eigenvalue weighted by molar-refractivity contribution is -0.00760. The number of nitrogens with one attached hydrogen (secondary N) is 1. The summed E-state index contributed by atoms with van der Waals surface area (Å²) in [4.78, 5) is 0. The minimum Gasteiger partial charge on any atom is -0.326 e. The van der Waals surface area contributed by atoms with Gasteiger partial charge >= 0.3 is 0 Å². The largest absolute Gasteiger partial charge is 0.326 e. The maximum atomic E-state index is 5.95. The number of aryl methyl sites for hydroxylation is 1. The summed E-state index contributed by atoms with van der Waals surface area (Å²) in [5, 5.41) is 7.85. The number of nitrogens with two attached hydrogens (primary N) is 1. The van der Waals surface area contributed by atoms with E-state index in [2.05, 4.69) is 17.1 Å². The second-order valence-corrected chi connectivity index (χ2v) is 7.08. The van der Waals surface area contributed by atoms with Gasteiger partial charge in [-0.1, -0.05) is 0 Å². The molecule has 0 saturated heterocycles. The van der Waals surface area contributed by atoms with Crippen LogP contribution < -0.4 is 5.73 Å². The molecule has 5 rings (SSSR count). The highest BCUT2D eigenvalue weighted by molar-refractivity contribution is 5.33. The Morgan fingerprint density at radius 3 is 2.22 bits per heavy atom. The predicted molar refractivity (Wildman–Crippen MR) is 71.1 cm³/mol. The van der Waals surface area contributed by atoms with Gasteiger partial charge in [-0.3, -0.25) is 5.10 Å². The van der Waals surface area contributed by atoms with Gasteiger partial charge in [0.1, 0.15) is 0 Å². The zero-order chi connectivity index (χ0) is 12.3. The molecule has 4 bridgehead atoms. The molecule has 1 aromatic rings. The lowest BCUT2D eigenvalue weighted by Gasteiger charge is -2.56. The van der Waals surface area contributed by atoms with Crippen LogP contribution in [0.4, 0.5) is 0 Å². The SMILES string of the molecule is Cc1[nH]nc(C23CC4CC(CC(C4)C2)C3)c1CN. The molecule has 0 amide bonds. The van der Waals surface area contributed by atoms with Crippen LogP contribution in [0, 0.1) is 24.7 Å². The van der Waals surface area contributed by atoms with Crippen molar-refractivity contribution in [2.45, 2.75) is 57.4 Å². The van der Waals surface area contributed by atoms with Crippen molar-refractivity contribution in [3.8, 4) is 0 Å². The molecule has 4 aliphatic carbocycles. The van der Waals surface area contributed by atoms with Crippen molar-refractivity contribution in [2.24, 2.45) is 23.5 Å². The summed E-state index contributed by atoms with van der Waals surface area (Å²) in [6.45, 7) is 2.75. The minimum atomic E-state index is 0.383. The van der Waals surface area contributed by atoms with Crippen LogP contribution in [0.2, 0.25) is 0 Å². The van der Waals surface area contributed by atoms with E-state index in [4.69, 9.17) is 5.73 Å². The molecule has 0 atom stereocenters. The van der Waals surface area contributed by atoms with Crippen LogP contribution in [0.3, 0.4) is 0 Å². The van der Waals surface area contributed by atoms with E-state index >= 15 is 0 Å². The van der Waals surface area contributed by atoms with Gasteiger partial charge in [0.25, 0.3) is 0 Å². The Hall–Kier alpha value is -0.830. The molecule has 0 aliphatic heterocycles. The van der Waals surface area contributed by atoms with Crippen LogP contribution in [0.1, 0.15) is 55.5 Å². The summed E-state index contributed by atoms with van der Waals surface area (Å²) in [5.74, 6) is 2.91. The maximum absolute atomic E-state index is 5.95. The van der Waals surface area contributed by atoms with Gasteiger partial charge in [-0.2, -0.15) is 5.10 Å². The number of rotatable bonds is 2. The Kier molecular flexibility index (Phi) is 2.20. The third-order valence-electron chi connectivity index (χ3n) is 5.82. The predicted octanol–water partition coefficient (Wildman–Crippen LogP) is 2.64. The fourth-order valence-corrected chi connectivity index (χ4v) is 5.54. The van der Waals surface area contributed by atoms with Crippen LogP contribution in [0.15, 0.2) is 0 Å². The van der Waals surface area contributed by atoms with Gasteiger partial charge in [0.15, 0.2) is 0 Å². The van der Waals surface area contributed by atoms with E-state index in [0.29, 0.717) is 12.0 Å². The fraction of sp³-hybridized carbons (Fsp3) is 0.800. The number of hydrogen-bond acceptors (Lipinski definition) is 2. The van der Waals surface area contributed by atoms with Crippen molar-refractivity contribution in [3.63, 3.8) is 0 Å². The Bertz CT molecular complexity index is 439. The zero-order valence-corrected chi connectivity index (χ0v) is 11.2. The molecule has 4 saturated carbocycles. The standard InChI is InChI=1S/C15H23N3/c1-9-13(8-16)14(18-17-9)15-5-10-2-11(6-15)4-12(3-10)7-15/h10-12H,2-8,16H2,1H3,(H,17,18). The van der Waals surface area contributed by atoms with Crippen molar-refractivity contribution >= 4 is 0 Å². The van der Waals surface area contributed by atoms with Gasteiger partial charge in [-0.25, -0.2) is 0 Å². The molecule has 3 nitrogen and oxygen atoms in total. The fourth-order valence-electron chi connectivity index (χ4n) is 5.54. The zero-order valence-electron chi connectivity index (χ0n) is 11.2. The van der Waals surface area contributed by atoms with Crippen molar-refractivity contribution in [1.82, 2.24) is 10.2 Å². The second-order valence-electron chi connectivity index (χ2n) is 7.08. The third kappa shape index (κ3) is 1.37. The molecule has 1 aromatic heterocycles. The Balaban J connectivity index is 1.79. The lowest BCUT2D eigenvalue weighted by atomic mass is 9.48. The molecule has 0 radical (unpaired) electrons. The Morgan fingerprint density at radius 1 is 1.17 bits per heavy atom. The molecule has 0 aromatic carbocycles. The van der Waals surface area contributed by atoms with E-state index in [-0.39, 0.29) is 0 Å². The third-order valence-corrected chi connectivity index (χ3v) is 5.82. The molecule has 4 aliphatic rings. The van der Waals surface area contributed by atoms with Crippen molar-refractivity contribution < 1.29 is 0 Å². The number of aromatic amines is 1. The molecule has 98 valence electrons. The number of hydrogen-bond donors (Lipinski definition) is 2. The highest BCUT2D eigenvalue weighted by atomic mass is 15.1. The number of nitrogens with zero attached hydrogens (tertiary/aromatic N) is 1. The van der Waals surface area contributed by atoms with Crippen LogP contribution in [0.25, 0.3) is 0 Å². The average molecular weight is 245 g/mol. The number of H-pyrrole nitrogens is 1. The first-order chi connectivity index (χ1) is 8.70. The first-order valence-corrected chi connectivity index (χ1v) is 7.44. The van der Waals surface area contributed by atoms with Crippen molar-refractivity contribution in [2.75, 3.05) is 0 Å². The van der Waals surface area contributed by atoms with E-state index in [1.54, 1.807) is 0 Å². The van der Waals surface area contributed by atoms with Gasteiger partial charge in [0.05, 0.1) is 5.69 Å². The molecule has 3 heteroatoms. The molecular formula is C15H23N3. The number of aromatic nitrogens is 2. The van der Waals surface area contributed by atoms with Gasteiger partial charge in [0.2, 0.25) is 0 Å². The van der Waals surface area contributed by atoms with Gasteiger partial charge in [-0.15, -0.1) is 0 Å². The first-order valence-electron chi connectivity index (χ1n) is 7.44. The van der Waals surface area contributed by atoms with E-state index in [1.165, 1.54) is 55.5 Å². The quantitative estimate of drug-likeness (QED) is 0.841. The summed E-state index contributed by atoms with van der Waals surface area (Å²) < 4.78 is 0. The normalized spacial score (nSPS) is 41.6. The molecule has 4 fully saturated rings. The van der Waals surface area contributed by atoms with Crippen LogP contribution in [-0.4, -0.2) is 10.2 Å². The topological polar surface area (TPSA) is 54.7 Å². The highest BCUT2D eigenvalue weighted by Crippen LogP contribution is 2.60. The summed E-state index contributed by atoms with van der Waals surface area (Å²) in [6, 6.07) is 0. The lowest BCUT2D eigenvalue weighted by Crippen LogP contribution is -2.49. The van der Waals surface area contributed by atoms with Crippen LogP contribution in [-0.2, 0) is 12.0 Å². The van der Waals surface area contributed by atoms with Gasteiger partial charge in [-0.05, 0) is 63.2 Å². The van der Waals surface area contributed by atoms with Gasteiger partial charge < -0.3 is 5.73 Å². The molecule has 0 unspecified atom stereocenters. The van der Waals surface area contributed by atoms with Gasteiger partial charge in [0, 0.05) is 23.2 Å². The van der Waals surface area contributed by atoms with E-state index in [0.717, 1.165) is 17.8 Å². The molecule has 0 spiro atoms. The van der Waals surface area contributed by atoms with Crippen molar-refractivity contribution in [1.29, 1.82) is 0 Å². The summed E-state index contributed by atoms with van der Waals surface area (Å²) in [6.07, 6.45) is 8.57. The summed E-state index contributed by atoms with van der Waals surface area (Å²) in [7, 11) is 0. The second kappa shape index (κ2) is 3.60. The monoisotopic (exact) mass is 245 g/mol. The molecule has 3 N–H and O–H groups in total. The van der Waals surface area contributed by atoms with Crippen LogP contribution >= 0.6 is 0 Å². The van der Waals surface area contributed by atoms with Crippen LogP contribution in [0.5, 0.6) is 0 Å². The molecular weight excluding hydrogens is 222 g/mol. The summed E-state index contributed by atoms with van der Waals surface area (Å²) in [5.41, 5.74) is 10.2. The van der Waals surface area contributed by atoms with Crippen molar-refractivity contribution in [3.05, 3.63) is 17.0 Å². The molecule has 18 heavy (non-hydrogen) atoms. The first kappa shape index (κ1) is 11.0. The molecule has 1 heterocycles. The van der Waals surface area contributed by atoms with E-state index in [9.17, 15) is 0 Å². The van der Waals surface area contributed by atoms with E-state index < -0.39 is 0 Å². The van der Waals surface area contributed by atoms with E-state index in [1.807, 2.05) is 0 Å². The Morgan fingerprint density at radius 2 is 1.72 bits per heavy atom. The minimum absolute atomic E-state index is 0.383. The average Bonchev–Trinajstić information content (AvgIpc) is 2.69. The summed E-state index contributed by atoms with van der Waals surface area (Å²) >= 11 is 0.